The van der Waals surface area contributed by atoms with Crippen molar-refractivity contribution in [1.82, 2.24) is 5.32 Å². The largest absolute Gasteiger partial charge is 0.508 e. The second kappa shape index (κ2) is 6.29. The second-order valence-corrected chi connectivity index (χ2v) is 5.60. The third kappa shape index (κ3) is 3.33. The van der Waals surface area contributed by atoms with Crippen LogP contribution in [0.15, 0.2) is 42.5 Å². The summed E-state index contributed by atoms with van der Waals surface area (Å²) in [5.74, 6) is 0.330. The van der Waals surface area contributed by atoms with Gasteiger partial charge in [0.2, 0.25) is 0 Å². The van der Waals surface area contributed by atoms with E-state index in [1.807, 2.05) is 50.2 Å². The molecule has 2 nitrogen and oxygen atoms in total. The molecule has 0 saturated heterocycles. The number of benzene rings is 2. The molecule has 20 heavy (non-hydrogen) atoms. The van der Waals surface area contributed by atoms with Gasteiger partial charge in [-0.2, -0.15) is 0 Å². The van der Waals surface area contributed by atoms with Gasteiger partial charge in [-0.15, -0.1) is 0 Å². The van der Waals surface area contributed by atoms with E-state index in [2.05, 4.69) is 12.2 Å². The summed E-state index contributed by atoms with van der Waals surface area (Å²) < 4.78 is 0. The fraction of sp³-hybridized carbons (Fsp3) is 0.294. The van der Waals surface area contributed by atoms with Crippen LogP contribution in [0.1, 0.15) is 42.6 Å². The van der Waals surface area contributed by atoms with Crippen LogP contribution >= 0.6 is 11.6 Å². The Hall–Kier alpha value is -1.51. The minimum atomic E-state index is 0.0434. The highest BCUT2D eigenvalue weighted by Crippen LogP contribution is 2.29. The molecule has 0 amide bonds. The molecule has 106 valence electrons. The normalized spacial score (nSPS) is 14.0. The van der Waals surface area contributed by atoms with Crippen molar-refractivity contribution in [2.75, 3.05) is 0 Å². The van der Waals surface area contributed by atoms with Gasteiger partial charge in [-0.25, -0.2) is 0 Å². The number of nitrogens with one attached hydrogen (secondary N) is 1. The van der Waals surface area contributed by atoms with Crippen molar-refractivity contribution >= 4 is 11.6 Å². The SMILES string of the molecule is Cc1ccc(C(C)NC(C)c2ccccc2Cl)c(O)c1. The van der Waals surface area contributed by atoms with Crippen molar-refractivity contribution in [1.29, 1.82) is 0 Å². The van der Waals surface area contributed by atoms with Gasteiger partial charge in [0.1, 0.15) is 5.75 Å². The minimum absolute atomic E-state index is 0.0434. The van der Waals surface area contributed by atoms with E-state index in [-0.39, 0.29) is 12.1 Å². The summed E-state index contributed by atoms with van der Waals surface area (Å²) in [6, 6.07) is 13.7. The molecular weight excluding hydrogens is 270 g/mol. The number of rotatable bonds is 4. The van der Waals surface area contributed by atoms with Gasteiger partial charge in [-0.05, 0) is 44.0 Å². The average molecular weight is 290 g/mol. The molecule has 0 radical (unpaired) electrons. The Morgan fingerprint density at radius 1 is 1.00 bits per heavy atom. The first-order valence-electron chi connectivity index (χ1n) is 6.79. The van der Waals surface area contributed by atoms with Crippen molar-refractivity contribution in [2.45, 2.75) is 32.9 Å². The number of halogens is 1. The van der Waals surface area contributed by atoms with Gasteiger partial charge in [0.05, 0.1) is 0 Å². The Kier molecular flexibility index (Phi) is 4.69. The molecule has 0 fully saturated rings. The standard InChI is InChI=1S/C17H20ClNO/c1-11-8-9-15(17(20)10-11)13(3)19-12(2)14-6-4-5-7-16(14)18/h4-10,12-13,19-20H,1-3H3. The lowest BCUT2D eigenvalue weighted by Crippen LogP contribution is -2.22. The lowest BCUT2D eigenvalue weighted by atomic mass is 10.0. The van der Waals surface area contributed by atoms with Gasteiger partial charge in [0.25, 0.3) is 0 Å². The molecule has 0 spiro atoms. The van der Waals surface area contributed by atoms with Crippen LogP contribution in [0.2, 0.25) is 5.02 Å². The number of phenolic OH excluding ortho intramolecular Hbond substituents is 1. The maximum absolute atomic E-state index is 10.0. The summed E-state index contributed by atoms with van der Waals surface area (Å²) in [6.45, 7) is 6.08. The molecule has 2 unspecified atom stereocenters. The highest BCUT2D eigenvalue weighted by atomic mass is 35.5. The van der Waals surface area contributed by atoms with Crippen LogP contribution in [0, 0.1) is 6.92 Å². The fourth-order valence-electron chi connectivity index (χ4n) is 2.40. The molecule has 0 aliphatic carbocycles. The Morgan fingerprint density at radius 2 is 1.65 bits per heavy atom. The smallest absolute Gasteiger partial charge is 0.120 e. The molecular formula is C17H20ClNO. The molecule has 0 aromatic heterocycles. The summed E-state index contributed by atoms with van der Waals surface area (Å²) >= 11 is 6.21. The number of phenols is 1. The second-order valence-electron chi connectivity index (χ2n) is 5.19. The summed E-state index contributed by atoms with van der Waals surface area (Å²) in [5.41, 5.74) is 3.01. The highest BCUT2D eigenvalue weighted by molar-refractivity contribution is 6.31. The highest BCUT2D eigenvalue weighted by Gasteiger charge is 2.15. The van der Waals surface area contributed by atoms with E-state index in [0.717, 1.165) is 21.7 Å². The third-order valence-corrected chi connectivity index (χ3v) is 3.87. The summed E-state index contributed by atoms with van der Waals surface area (Å²) in [7, 11) is 0. The van der Waals surface area contributed by atoms with E-state index in [1.165, 1.54) is 0 Å². The van der Waals surface area contributed by atoms with Crippen molar-refractivity contribution in [3.8, 4) is 5.75 Å². The van der Waals surface area contributed by atoms with E-state index in [4.69, 9.17) is 11.6 Å². The Balaban J connectivity index is 2.15. The maximum Gasteiger partial charge on any atom is 0.120 e. The molecule has 0 bridgehead atoms. The quantitative estimate of drug-likeness (QED) is 0.850. The lowest BCUT2D eigenvalue weighted by molar-refractivity contribution is 0.438. The van der Waals surface area contributed by atoms with Crippen LogP contribution in [-0.4, -0.2) is 5.11 Å². The van der Waals surface area contributed by atoms with Gasteiger partial charge in [0, 0.05) is 22.7 Å². The molecule has 2 N–H and O–H groups in total. The average Bonchev–Trinajstić information content (AvgIpc) is 2.38. The molecule has 0 saturated carbocycles. The predicted octanol–water partition coefficient (Wildman–Crippen LogP) is 4.77. The lowest BCUT2D eigenvalue weighted by Gasteiger charge is -2.22. The molecule has 2 aromatic rings. The minimum Gasteiger partial charge on any atom is -0.508 e. The molecule has 0 aliphatic rings. The van der Waals surface area contributed by atoms with Crippen molar-refractivity contribution in [2.24, 2.45) is 0 Å². The number of hydrogen-bond donors (Lipinski definition) is 2. The Morgan fingerprint density at radius 3 is 2.30 bits per heavy atom. The summed E-state index contributed by atoms with van der Waals surface area (Å²) in [4.78, 5) is 0. The Bertz CT molecular complexity index is 597. The van der Waals surface area contributed by atoms with Crippen LogP contribution < -0.4 is 5.32 Å². The zero-order valence-electron chi connectivity index (χ0n) is 12.0. The van der Waals surface area contributed by atoms with E-state index >= 15 is 0 Å². The zero-order chi connectivity index (χ0) is 14.7. The molecule has 2 rings (SSSR count). The van der Waals surface area contributed by atoms with E-state index in [9.17, 15) is 5.11 Å². The van der Waals surface area contributed by atoms with Crippen molar-refractivity contribution in [3.05, 3.63) is 64.2 Å². The summed E-state index contributed by atoms with van der Waals surface area (Å²) in [5, 5.41) is 14.3. The number of aryl methyl sites for hydroxylation is 1. The fourth-order valence-corrected chi connectivity index (χ4v) is 2.70. The predicted molar refractivity (Wildman–Crippen MR) is 84.3 cm³/mol. The number of hydrogen-bond acceptors (Lipinski definition) is 2. The van der Waals surface area contributed by atoms with Crippen molar-refractivity contribution in [3.63, 3.8) is 0 Å². The Labute approximate surface area is 125 Å². The van der Waals surface area contributed by atoms with Gasteiger partial charge in [-0.1, -0.05) is 41.9 Å². The molecule has 0 heterocycles. The van der Waals surface area contributed by atoms with E-state index in [0.29, 0.717) is 5.75 Å². The first-order chi connectivity index (χ1) is 9.49. The van der Waals surface area contributed by atoms with Crippen LogP contribution in [0.3, 0.4) is 0 Å². The molecule has 2 atom stereocenters. The van der Waals surface area contributed by atoms with Crippen LogP contribution in [0.4, 0.5) is 0 Å². The van der Waals surface area contributed by atoms with Crippen LogP contribution in [0.25, 0.3) is 0 Å². The van der Waals surface area contributed by atoms with Gasteiger partial charge < -0.3 is 10.4 Å². The molecule has 3 heteroatoms. The first-order valence-corrected chi connectivity index (χ1v) is 7.17. The van der Waals surface area contributed by atoms with Gasteiger partial charge in [-0.3, -0.25) is 0 Å². The van der Waals surface area contributed by atoms with Crippen molar-refractivity contribution < 1.29 is 5.11 Å². The maximum atomic E-state index is 10.0. The van der Waals surface area contributed by atoms with Crippen LogP contribution in [-0.2, 0) is 0 Å². The van der Waals surface area contributed by atoms with Gasteiger partial charge in [0.15, 0.2) is 0 Å². The third-order valence-electron chi connectivity index (χ3n) is 3.52. The van der Waals surface area contributed by atoms with Crippen LogP contribution in [0.5, 0.6) is 5.75 Å². The topological polar surface area (TPSA) is 32.3 Å². The van der Waals surface area contributed by atoms with Gasteiger partial charge >= 0.3 is 0 Å². The molecule has 2 aromatic carbocycles. The van der Waals surface area contributed by atoms with E-state index < -0.39 is 0 Å². The first kappa shape index (κ1) is 14.9. The number of aromatic hydroxyl groups is 1. The summed E-state index contributed by atoms with van der Waals surface area (Å²) in [6.07, 6.45) is 0. The zero-order valence-corrected chi connectivity index (χ0v) is 12.8. The monoisotopic (exact) mass is 289 g/mol. The molecule has 0 aliphatic heterocycles. The van der Waals surface area contributed by atoms with E-state index in [1.54, 1.807) is 6.07 Å².